The van der Waals surface area contributed by atoms with Crippen LogP contribution in [0.3, 0.4) is 0 Å². The fourth-order valence-corrected chi connectivity index (χ4v) is 2.74. The Bertz CT molecular complexity index is 1090. The molecule has 27 heavy (non-hydrogen) atoms. The molecule has 0 aliphatic rings. The highest BCUT2D eigenvalue weighted by atomic mass is 16.3. The average molecular weight is 364 g/mol. The van der Waals surface area contributed by atoms with Gasteiger partial charge in [0.25, 0.3) is 5.56 Å². The number of aromatic nitrogens is 2. The topological polar surface area (TPSA) is 90.7 Å². The van der Waals surface area contributed by atoms with E-state index < -0.39 is 17.1 Å². The van der Waals surface area contributed by atoms with E-state index in [4.69, 9.17) is 0 Å². The standard InChI is InChI=1S/C20H20N4O3/c1-13(21-14-9-11-15(12-10-14)23(2)3)17-18(25)22-20(27)24(19(17)26)16-7-5-4-6-8-16/h4-12,26H,1-3H3,(H,22,25,27). The van der Waals surface area contributed by atoms with Crippen LogP contribution >= 0.6 is 0 Å². The van der Waals surface area contributed by atoms with Crippen LogP contribution < -0.4 is 16.1 Å². The van der Waals surface area contributed by atoms with E-state index in [0.717, 1.165) is 10.3 Å². The highest BCUT2D eigenvalue weighted by molar-refractivity contribution is 6.01. The maximum absolute atomic E-state index is 12.3. The van der Waals surface area contributed by atoms with Crippen molar-refractivity contribution >= 4 is 17.1 Å². The van der Waals surface area contributed by atoms with Gasteiger partial charge in [-0.25, -0.2) is 9.36 Å². The van der Waals surface area contributed by atoms with Crippen LogP contribution in [-0.4, -0.2) is 34.5 Å². The summed E-state index contributed by atoms with van der Waals surface area (Å²) < 4.78 is 1.05. The zero-order chi connectivity index (χ0) is 19.6. The molecule has 0 radical (unpaired) electrons. The fourth-order valence-electron chi connectivity index (χ4n) is 2.74. The van der Waals surface area contributed by atoms with Crippen molar-refractivity contribution in [3.8, 4) is 11.6 Å². The lowest BCUT2D eigenvalue weighted by Gasteiger charge is -2.12. The summed E-state index contributed by atoms with van der Waals surface area (Å²) in [4.78, 5) is 33.1. The van der Waals surface area contributed by atoms with Gasteiger partial charge < -0.3 is 10.0 Å². The number of hydrogen-bond donors (Lipinski definition) is 2. The third-order valence-corrected chi connectivity index (χ3v) is 4.13. The minimum atomic E-state index is -0.712. The van der Waals surface area contributed by atoms with Crippen molar-refractivity contribution < 1.29 is 5.11 Å². The van der Waals surface area contributed by atoms with E-state index in [-0.39, 0.29) is 5.56 Å². The van der Waals surface area contributed by atoms with E-state index in [1.807, 2.05) is 43.3 Å². The molecule has 0 aliphatic carbocycles. The molecule has 1 heterocycles. The summed E-state index contributed by atoms with van der Waals surface area (Å²) in [6, 6.07) is 16.0. The van der Waals surface area contributed by atoms with Gasteiger partial charge in [-0.2, -0.15) is 0 Å². The Hall–Kier alpha value is -3.61. The van der Waals surface area contributed by atoms with Gasteiger partial charge in [0, 0.05) is 19.8 Å². The molecule has 3 aromatic rings. The van der Waals surface area contributed by atoms with Crippen molar-refractivity contribution in [2.75, 3.05) is 19.0 Å². The predicted octanol–water partition coefficient (Wildman–Crippen LogP) is 2.44. The van der Waals surface area contributed by atoms with Crippen molar-refractivity contribution in [1.82, 2.24) is 9.55 Å². The number of H-pyrrole nitrogens is 1. The van der Waals surface area contributed by atoms with Crippen LogP contribution in [0, 0.1) is 0 Å². The molecule has 1 aromatic heterocycles. The van der Waals surface area contributed by atoms with Gasteiger partial charge in [-0.15, -0.1) is 0 Å². The molecule has 2 aromatic carbocycles. The van der Waals surface area contributed by atoms with Gasteiger partial charge in [-0.3, -0.25) is 14.8 Å². The number of nitrogens with zero attached hydrogens (tertiary/aromatic N) is 3. The number of aromatic hydroxyl groups is 1. The molecular formula is C20H20N4O3. The number of hydrogen-bond acceptors (Lipinski definition) is 5. The molecule has 138 valence electrons. The van der Waals surface area contributed by atoms with E-state index >= 15 is 0 Å². The lowest BCUT2D eigenvalue weighted by molar-refractivity contribution is 0.430. The minimum Gasteiger partial charge on any atom is -0.493 e. The molecule has 2 N–H and O–H groups in total. The Balaban J connectivity index is 2.11. The molecule has 0 saturated carbocycles. The third kappa shape index (κ3) is 3.67. The number of para-hydroxylation sites is 1. The van der Waals surface area contributed by atoms with Crippen LogP contribution in [0.5, 0.6) is 5.88 Å². The first-order valence-corrected chi connectivity index (χ1v) is 8.35. The van der Waals surface area contributed by atoms with Gasteiger partial charge in [0.2, 0.25) is 5.88 Å². The molecule has 7 nitrogen and oxygen atoms in total. The molecule has 0 amide bonds. The minimum absolute atomic E-state index is 0.0462. The van der Waals surface area contributed by atoms with Gasteiger partial charge in [-0.1, -0.05) is 18.2 Å². The Kier molecular flexibility index (Phi) is 4.94. The first-order valence-electron chi connectivity index (χ1n) is 8.35. The molecule has 0 saturated heterocycles. The van der Waals surface area contributed by atoms with Crippen molar-refractivity contribution in [3.05, 3.63) is 81.0 Å². The Labute approximate surface area is 155 Å². The highest BCUT2D eigenvalue weighted by Gasteiger charge is 2.17. The first-order chi connectivity index (χ1) is 12.9. The summed E-state index contributed by atoms with van der Waals surface area (Å²) in [7, 11) is 3.88. The van der Waals surface area contributed by atoms with Crippen LogP contribution in [0.2, 0.25) is 0 Å². The van der Waals surface area contributed by atoms with Crippen LogP contribution in [-0.2, 0) is 0 Å². The molecule has 0 fully saturated rings. The Morgan fingerprint density at radius 3 is 2.26 bits per heavy atom. The average Bonchev–Trinajstić information content (AvgIpc) is 2.62. The Morgan fingerprint density at radius 2 is 1.67 bits per heavy atom. The van der Waals surface area contributed by atoms with Crippen LogP contribution in [0.15, 0.2) is 69.2 Å². The zero-order valence-electron chi connectivity index (χ0n) is 15.3. The highest BCUT2D eigenvalue weighted by Crippen LogP contribution is 2.21. The van der Waals surface area contributed by atoms with Crippen LogP contribution in [0.4, 0.5) is 11.4 Å². The molecule has 0 bridgehead atoms. The lowest BCUT2D eigenvalue weighted by Crippen LogP contribution is -2.32. The second-order valence-electron chi connectivity index (χ2n) is 6.24. The van der Waals surface area contributed by atoms with Gasteiger partial charge >= 0.3 is 5.69 Å². The lowest BCUT2D eigenvalue weighted by atomic mass is 10.2. The van der Waals surface area contributed by atoms with Gasteiger partial charge in [0.05, 0.1) is 17.1 Å². The van der Waals surface area contributed by atoms with E-state index in [1.165, 1.54) is 0 Å². The third-order valence-electron chi connectivity index (χ3n) is 4.13. The number of nitrogens with one attached hydrogen (secondary N) is 1. The van der Waals surface area contributed by atoms with Gasteiger partial charge in [-0.05, 0) is 43.3 Å². The second-order valence-corrected chi connectivity index (χ2v) is 6.24. The van der Waals surface area contributed by atoms with E-state index in [1.54, 1.807) is 37.3 Å². The van der Waals surface area contributed by atoms with Crippen LogP contribution in [0.1, 0.15) is 12.5 Å². The normalized spacial score (nSPS) is 11.4. The summed E-state index contributed by atoms with van der Waals surface area (Å²) in [6.45, 7) is 1.62. The number of aliphatic imine (C=N–C) groups is 1. The summed E-state index contributed by atoms with van der Waals surface area (Å²) in [5, 5.41) is 10.6. The molecule has 7 heteroatoms. The maximum Gasteiger partial charge on any atom is 0.335 e. The molecule has 0 atom stereocenters. The second kappa shape index (κ2) is 7.33. The van der Waals surface area contributed by atoms with E-state index in [9.17, 15) is 14.7 Å². The number of aromatic amines is 1. The quantitative estimate of drug-likeness (QED) is 0.696. The number of anilines is 1. The summed E-state index contributed by atoms with van der Waals surface area (Å²) in [6.07, 6.45) is 0. The van der Waals surface area contributed by atoms with E-state index in [2.05, 4.69) is 9.98 Å². The molecule has 3 rings (SSSR count). The van der Waals surface area contributed by atoms with Crippen molar-refractivity contribution in [1.29, 1.82) is 0 Å². The molecule has 0 aliphatic heterocycles. The van der Waals surface area contributed by atoms with Gasteiger partial charge in [0.15, 0.2) is 0 Å². The Morgan fingerprint density at radius 1 is 1.04 bits per heavy atom. The summed E-state index contributed by atoms with van der Waals surface area (Å²) >= 11 is 0. The summed E-state index contributed by atoms with van der Waals surface area (Å²) in [5.41, 5.74) is 0.956. The SMILES string of the molecule is CC(=Nc1ccc(N(C)C)cc1)c1c(O)n(-c2ccccc2)c(=O)[nH]c1=O. The van der Waals surface area contributed by atoms with E-state index in [0.29, 0.717) is 17.1 Å². The monoisotopic (exact) mass is 364 g/mol. The smallest absolute Gasteiger partial charge is 0.335 e. The van der Waals surface area contributed by atoms with Crippen molar-refractivity contribution in [2.24, 2.45) is 4.99 Å². The number of rotatable bonds is 4. The first kappa shape index (κ1) is 18.2. The van der Waals surface area contributed by atoms with Gasteiger partial charge in [0.1, 0.15) is 5.56 Å². The summed E-state index contributed by atoms with van der Waals surface area (Å²) in [5.74, 6) is -0.443. The van der Waals surface area contributed by atoms with Crippen molar-refractivity contribution in [3.63, 3.8) is 0 Å². The largest absolute Gasteiger partial charge is 0.493 e. The fraction of sp³-hybridized carbons (Fsp3) is 0.150. The van der Waals surface area contributed by atoms with Crippen LogP contribution in [0.25, 0.3) is 5.69 Å². The van der Waals surface area contributed by atoms with Crippen molar-refractivity contribution in [2.45, 2.75) is 6.92 Å². The molecule has 0 spiro atoms. The zero-order valence-corrected chi connectivity index (χ0v) is 15.3. The predicted molar refractivity (Wildman–Crippen MR) is 107 cm³/mol. The molecule has 0 unspecified atom stereocenters. The number of benzene rings is 2. The molecular weight excluding hydrogens is 344 g/mol. The maximum atomic E-state index is 12.3.